The highest BCUT2D eigenvalue weighted by Crippen LogP contribution is 2.22. The fourth-order valence-corrected chi connectivity index (χ4v) is 3.18. The van der Waals surface area contributed by atoms with Gasteiger partial charge in [0.15, 0.2) is 9.84 Å². The van der Waals surface area contributed by atoms with Gasteiger partial charge in [-0.15, -0.1) is 0 Å². The molecule has 1 rings (SSSR count). The molecular weight excluding hydrogens is 266 g/mol. The number of nitrogens with one attached hydrogen (secondary N) is 1. The Labute approximate surface area is 113 Å². The largest absolute Gasteiger partial charge is 0.469 e. The van der Waals surface area contributed by atoms with Gasteiger partial charge in [-0.05, 0) is 18.6 Å². The molecule has 0 aliphatic heterocycles. The van der Waals surface area contributed by atoms with Crippen LogP contribution in [-0.4, -0.2) is 33.8 Å². The molecule has 1 N–H and O–H groups in total. The molecule has 0 amide bonds. The van der Waals surface area contributed by atoms with Gasteiger partial charge in [0.2, 0.25) is 0 Å². The van der Waals surface area contributed by atoms with Gasteiger partial charge in [-0.3, -0.25) is 4.79 Å². The van der Waals surface area contributed by atoms with Gasteiger partial charge in [0.1, 0.15) is 0 Å². The smallest absolute Gasteiger partial charge is 0.307 e. The van der Waals surface area contributed by atoms with Gasteiger partial charge in [0.05, 0.1) is 29.9 Å². The fraction of sp³-hybridized carbons (Fsp3) is 0.462. The molecule has 5 nitrogen and oxygen atoms in total. The Morgan fingerprint density at radius 3 is 2.63 bits per heavy atom. The lowest BCUT2D eigenvalue weighted by Gasteiger charge is -2.11. The first-order valence-electron chi connectivity index (χ1n) is 6.13. The minimum Gasteiger partial charge on any atom is -0.469 e. The van der Waals surface area contributed by atoms with Crippen molar-refractivity contribution in [1.82, 2.24) is 0 Å². The van der Waals surface area contributed by atoms with Gasteiger partial charge in [0, 0.05) is 6.54 Å². The van der Waals surface area contributed by atoms with Crippen LogP contribution in [0.1, 0.15) is 19.8 Å². The molecule has 19 heavy (non-hydrogen) atoms. The summed E-state index contributed by atoms with van der Waals surface area (Å²) < 4.78 is 28.7. The summed E-state index contributed by atoms with van der Waals surface area (Å²) in [5.41, 5.74) is 0.528. The third-order valence-corrected chi connectivity index (χ3v) is 4.54. The number of carbonyl (C=O) groups is 1. The average molecular weight is 285 g/mol. The molecule has 1 aromatic carbocycles. The van der Waals surface area contributed by atoms with E-state index in [-0.39, 0.29) is 23.0 Å². The third kappa shape index (κ3) is 4.55. The number of carbonyl (C=O) groups excluding carboxylic acids is 1. The number of benzene rings is 1. The van der Waals surface area contributed by atoms with Crippen molar-refractivity contribution in [3.63, 3.8) is 0 Å². The molecule has 0 saturated heterocycles. The molecule has 0 aromatic heterocycles. The lowest BCUT2D eigenvalue weighted by Crippen LogP contribution is -2.13. The van der Waals surface area contributed by atoms with Crippen LogP contribution >= 0.6 is 0 Å². The second kappa shape index (κ2) is 7.13. The number of hydrogen-bond acceptors (Lipinski definition) is 5. The van der Waals surface area contributed by atoms with Crippen LogP contribution in [0.3, 0.4) is 0 Å². The highest BCUT2D eigenvalue weighted by Gasteiger charge is 2.17. The van der Waals surface area contributed by atoms with Gasteiger partial charge >= 0.3 is 5.97 Å². The Kier molecular flexibility index (Phi) is 5.82. The molecule has 106 valence electrons. The molecule has 0 aliphatic rings. The minimum atomic E-state index is -3.28. The summed E-state index contributed by atoms with van der Waals surface area (Å²) in [5.74, 6) is -0.218. The van der Waals surface area contributed by atoms with Crippen LogP contribution in [0.4, 0.5) is 5.69 Å². The molecule has 0 saturated carbocycles. The van der Waals surface area contributed by atoms with Crippen molar-refractivity contribution in [2.45, 2.75) is 24.7 Å². The zero-order chi connectivity index (χ0) is 14.3. The SMILES string of the molecule is CCCS(=O)(=O)c1ccccc1NCCC(=O)OC. The van der Waals surface area contributed by atoms with E-state index in [0.29, 0.717) is 18.7 Å². The zero-order valence-corrected chi connectivity index (χ0v) is 12.0. The normalized spacial score (nSPS) is 11.1. The third-order valence-electron chi connectivity index (χ3n) is 2.57. The van der Waals surface area contributed by atoms with Crippen molar-refractivity contribution in [3.05, 3.63) is 24.3 Å². The maximum Gasteiger partial charge on any atom is 0.307 e. The molecule has 1 aromatic rings. The van der Waals surface area contributed by atoms with Crippen molar-refractivity contribution < 1.29 is 17.9 Å². The summed E-state index contributed by atoms with van der Waals surface area (Å²) in [5, 5.41) is 2.96. The van der Waals surface area contributed by atoms with Crippen LogP contribution in [0.5, 0.6) is 0 Å². The number of para-hydroxylation sites is 1. The van der Waals surface area contributed by atoms with Crippen LogP contribution in [0.15, 0.2) is 29.2 Å². The number of rotatable bonds is 7. The number of sulfone groups is 1. The molecule has 0 fully saturated rings. The number of methoxy groups -OCH3 is 1. The van der Waals surface area contributed by atoms with E-state index in [1.165, 1.54) is 7.11 Å². The first-order chi connectivity index (χ1) is 9.01. The molecule has 0 radical (unpaired) electrons. The number of esters is 1. The lowest BCUT2D eigenvalue weighted by atomic mass is 10.3. The first kappa shape index (κ1) is 15.5. The summed E-state index contributed by atoms with van der Waals surface area (Å²) >= 11 is 0. The van der Waals surface area contributed by atoms with E-state index in [1.54, 1.807) is 24.3 Å². The predicted molar refractivity (Wildman–Crippen MR) is 73.9 cm³/mol. The second-order valence-corrected chi connectivity index (χ2v) is 6.15. The Morgan fingerprint density at radius 1 is 1.32 bits per heavy atom. The highest BCUT2D eigenvalue weighted by atomic mass is 32.2. The molecule has 0 unspecified atom stereocenters. The summed E-state index contributed by atoms with van der Waals surface area (Å²) in [7, 11) is -1.95. The van der Waals surface area contributed by atoms with Gasteiger partial charge in [-0.2, -0.15) is 0 Å². The summed E-state index contributed by atoms with van der Waals surface area (Å²) in [4.78, 5) is 11.3. The van der Waals surface area contributed by atoms with Crippen LogP contribution in [-0.2, 0) is 19.4 Å². The van der Waals surface area contributed by atoms with Crippen molar-refractivity contribution in [3.8, 4) is 0 Å². The Morgan fingerprint density at radius 2 is 2.00 bits per heavy atom. The van der Waals surface area contributed by atoms with E-state index in [0.717, 1.165) is 0 Å². The fourth-order valence-electron chi connectivity index (χ4n) is 1.66. The van der Waals surface area contributed by atoms with Crippen LogP contribution in [0.2, 0.25) is 0 Å². The molecular formula is C13H19NO4S. The van der Waals surface area contributed by atoms with Crippen LogP contribution in [0, 0.1) is 0 Å². The summed E-state index contributed by atoms with van der Waals surface area (Å²) in [6.07, 6.45) is 0.761. The van der Waals surface area contributed by atoms with E-state index >= 15 is 0 Å². The van der Waals surface area contributed by atoms with Crippen LogP contribution < -0.4 is 5.32 Å². The maximum absolute atomic E-state index is 12.1. The topological polar surface area (TPSA) is 72.5 Å². The molecule has 0 aliphatic carbocycles. The van der Waals surface area contributed by atoms with Crippen molar-refractivity contribution in [1.29, 1.82) is 0 Å². The van der Waals surface area contributed by atoms with Gasteiger partial charge in [0.25, 0.3) is 0 Å². The standard InChI is InChI=1S/C13H19NO4S/c1-3-10-19(16,17)12-7-5-4-6-11(12)14-9-8-13(15)18-2/h4-7,14H,3,8-10H2,1-2H3. The van der Waals surface area contributed by atoms with E-state index in [4.69, 9.17) is 0 Å². The van der Waals surface area contributed by atoms with E-state index in [1.807, 2.05) is 6.92 Å². The van der Waals surface area contributed by atoms with Crippen molar-refractivity contribution >= 4 is 21.5 Å². The lowest BCUT2D eigenvalue weighted by molar-refractivity contribution is -0.140. The minimum absolute atomic E-state index is 0.114. The number of ether oxygens (including phenoxy) is 1. The predicted octanol–water partition coefficient (Wildman–Crippen LogP) is 1.85. The molecule has 6 heteroatoms. The molecule has 0 bridgehead atoms. The van der Waals surface area contributed by atoms with Crippen LogP contribution in [0.25, 0.3) is 0 Å². The summed E-state index contributed by atoms with van der Waals surface area (Å²) in [6, 6.07) is 6.71. The number of hydrogen-bond donors (Lipinski definition) is 1. The van der Waals surface area contributed by atoms with Gasteiger partial charge in [-0.25, -0.2) is 8.42 Å². The maximum atomic E-state index is 12.1. The van der Waals surface area contributed by atoms with Gasteiger partial charge in [-0.1, -0.05) is 19.1 Å². The van der Waals surface area contributed by atoms with Crippen molar-refractivity contribution in [2.75, 3.05) is 24.7 Å². The zero-order valence-electron chi connectivity index (χ0n) is 11.2. The highest BCUT2D eigenvalue weighted by molar-refractivity contribution is 7.91. The number of anilines is 1. The Balaban J connectivity index is 2.82. The first-order valence-corrected chi connectivity index (χ1v) is 7.79. The average Bonchev–Trinajstić information content (AvgIpc) is 2.39. The molecule has 0 atom stereocenters. The van der Waals surface area contributed by atoms with Crippen molar-refractivity contribution in [2.24, 2.45) is 0 Å². The van der Waals surface area contributed by atoms with E-state index in [2.05, 4.69) is 10.1 Å². The van der Waals surface area contributed by atoms with Gasteiger partial charge < -0.3 is 10.1 Å². The Bertz CT molecular complexity index is 525. The quantitative estimate of drug-likeness (QED) is 0.774. The Hall–Kier alpha value is -1.56. The van der Waals surface area contributed by atoms with E-state index < -0.39 is 9.84 Å². The molecule has 0 spiro atoms. The second-order valence-electron chi connectivity index (χ2n) is 4.07. The van der Waals surface area contributed by atoms with E-state index in [9.17, 15) is 13.2 Å². The monoisotopic (exact) mass is 285 g/mol. The summed E-state index contributed by atoms with van der Waals surface area (Å²) in [6.45, 7) is 2.16. The molecule has 0 heterocycles.